The summed E-state index contributed by atoms with van der Waals surface area (Å²) < 4.78 is 0. The van der Waals surface area contributed by atoms with Crippen molar-refractivity contribution in [2.45, 2.75) is 56.3 Å². The number of aromatic nitrogens is 3. The summed E-state index contributed by atoms with van der Waals surface area (Å²) in [6.07, 6.45) is 3.53. The molecule has 4 unspecified atom stereocenters. The van der Waals surface area contributed by atoms with E-state index in [1.165, 1.54) is 24.7 Å². The van der Waals surface area contributed by atoms with Crippen molar-refractivity contribution >= 4 is 40.6 Å². The number of phenols is 1. The summed E-state index contributed by atoms with van der Waals surface area (Å²) in [5.41, 5.74) is 8.75. The first-order valence-electron chi connectivity index (χ1n) is 14.4. The highest BCUT2D eigenvalue weighted by Crippen LogP contribution is 2.20. The van der Waals surface area contributed by atoms with E-state index in [-0.39, 0.29) is 31.4 Å². The van der Waals surface area contributed by atoms with Gasteiger partial charge in [-0.15, -0.1) is 0 Å². The quantitative estimate of drug-likeness (QED) is 0.0818. The number of carboxylic acid groups (broad SMARTS) is 2. The number of aromatic hydroxyl groups is 1. The molecule has 4 atom stereocenters. The monoisotopic (exact) mass is 633 g/mol. The first-order chi connectivity index (χ1) is 22.0. The highest BCUT2D eigenvalue weighted by Gasteiger charge is 2.31. The van der Waals surface area contributed by atoms with Gasteiger partial charge in [-0.3, -0.25) is 19.2 Å². The molecule has 2 heterocycles. The molecule has 2 aromatic heterocycles. The lowest BCUT2D eigenvalue weighted by Crippen LogP contribution is -2.58. The number of amides is 3. The van der Waals surface area contributed by atoms with E-state index < -0.39 is 60.2 Å². The molecule has 4 aromatic rings. The number of rotatable bonds is 16. The van der Waals surface area contributed by atoms with E-state index in [4.69, 9.17) is 5.73 Å². The van der Waals surface area contributed by atoms with Gasteiger partial charge >= 0.3 is 11.9 Å². The molecule has 4 rings (SSSR count). The average molecular weight is 634 g/mol. The minimum atomic E-state index is -1.44. The molecule has 0 saturated heterocycles. The molecule has 0 radical (unpaired) electrons. The summed E-state index contributed by atoms with van der Waals surface area (Å²) >= 11 is 0. The fraction of sp³-hybridized carbons (Fsp3) is 0.290. The topological polar surface area (TPSA) is 253 Å². The number of fused-ring (bicyclic) bond motifs is 1. The number of H-pyrrole nitrogens is 2. The number of carbonyl (C=O) groups excluding carboxylic acids is 3. The number of nitrogens with zero attached hydrogens (tertiary/aromatic N) is 1. The molecule has 2 aromatic carbocycles. The molecular formula is C31H35N7O8. The van der Waals surface area contributed by atoms with Gasteiger partial charge in [0.15, 0.2) is 0 Å². The smallest absolute Gasteiger partial charge is 0.326 e. The van der Waals surface area contributed by atoms with Crippen LogP contribution in [0.1, 0.15) is 29.7 Å². The maximum absolute atomic E-state index is 13.7. The summed E-state index contributed by atoms with van der Waals surface area (Å²) in [6.45, 7) is 0. The van der Waals surface area contributed by atoms with E-state index in [1.54, 1.807) is 18.3 Å². The standard InChI is InChI=1S/C31H35N7O8/c32-22(11-17-5-7-20(39)8-6-17)28(42)37-25(12-18-14-34-23-4-2-1-3-21(18)23)30(44)36-24(9-10-27(40)41)29(43)38-26(31(45)46)13-19-15-33-16-35-19/h1-8,14-16,22,24-26,34,39H,9-13,32H2,(H,33,35)(H,36,44)(H,37,42)(H,38,43)(H,40,41)(H,45,46). The minimum Gasteiger partial charge on any atom is -0.508 e. The molecular weight excluding hydrogens is 598 g/mol. The van der Waals surface area contributed by atoms with Gasteiger partial charge in [0.1, 0.15) is 23.9 Å². The Morgan fingerprint density at radius 2 is 1.48 bits per heavy atom. The van der Waals surface area contributed by atoms with Crippen LogP contribution in [0.2, 0.25) is 0 Å². The number of carbonyl (C=O) groups is 5. The molecule has 46 heavy (non-hydrogen) atoms. The molecule has 242 valence electrons. The van der Waals surface area contributed by atoms with E-state index in [0.717, 1.165) is 10.9 Å². The van der Waals surface area contributed by atoms with Gasteiger partial charge in [-0.05, 0) is 42.2 Å². The van der Waals surface area contributed by atoms with Crippen LogP contribution >= 0.6 is 0 Å². The second-order valence-electron chi connectivity index (χ2n) is 10.8. The van der Waals surface area contributed by atoms with Gasteiger partial charge in [0.25, 0.3) is 0 Å². The molecule has 0 aliphatic carbocycles. The van der Waals surface area contributed by atoms with Gasteiger partial charge in [-0.2, -0.15) is 0 Å². The third kappa shape index (κ3) is 9.15. The van der Waals surface area contributed by atoms with Crippen molar-refractivity contribution in [3.05, 3.63) is 84.1 Å². The van der Waals surface area contributed by atoms with Crippen LogP contribution in [0.15, 0.2) is 67.3 Å². The number of hydrogen-bond donors (Lipinski definition) is 9. The van der Waals surface area contributed by atoms with Gasteiger partial charge in [-0.25, -0.2) is 9.78 Å². The second-order valence-corrected chi connectivity index (χ2v) is 10.8. The van der Waals surface area contributed by atoms with Crippen molar-refractivity contribution in [2.75, 3.05) is 0 Å². The van der Waals surface area contributed by atoms with Gasteiger partial charge in [0, 0.05) is 48.3 Å². The van der Waals surface area contributed by atoms with Crippen molar-refractivity contribution in [2.24, 2.45) is 5.73 Å². The lowest BCUT2D eigenvalue weighted by molar-refractivity contribution is -0.143. The van der Waals surface area contributed by atoms with Crippen LogP contribution in [0.3, 0.4) is 0 Å². The lowest BCUT2D eigenvalue weighted by Gasteiger charge is -2.25. The van der Waals surface area contributed by atoms with Gasteiger partial charge in [0.2, 0.25) is 17.7 Å². The normalized spacial score (nSPS) is 13.7. The van der Waals surface area contributed by atoms with Crippen LogP contribution in [0.5, 0.6) is 5.75 Å². The fourth-order valence-electron chi connectivity index (χ4n) is 4.88. The number of benzene rings is 2. The van der Waals surface area contributed by atoms with Crippen LogP contribution in [0, 0.1) is 0 Å². The largest absolute Gasteiger partial charge is 0.508 e. The van der Waals surface area contributed by atoms with E-state index in [1.807, 2.05) is 24.3 Å². The van der Waals surface area contributed by atoms with Crippen molar-refractivity contribution < 1.29 is 39.3 Å². The first kappa shape index (κ1) is 33.2. The first-order valence-corrected chi connectivity index (χ1v) is 14.4. The molecule has 0 aliphatic heterocycles. The minimum absolute atomic E-state index is 0.0155. The number of carboxylic acids is 2. The zero-order valence-electron chi connectivity index (χ0n) is 24.6. The van der Waals surface area contributed by atoms with Gasteiger partial charge in [0.05, 0.1) is 12.4 Å². The highest BCUT2D eigenvalue weighted by atomic mass is 16.4. The number of nitrogens with one attached hydrogen (secondary N) is 5. The fourth-order valence-corrected chi connectivity index (χ4v) is 4.88. The number of aromatic amines is 2. The Bertz CT molecular complexity index is 1670. The Kier molecular flexibility index (Phi) is 11.1. The van der Waals surface area contributed by atoms with Gasteiger partial charge in [-0.1, -0.05) is 30.3 Å². The molecule has 0 aliphatic rings. The number of aliphatic carboxylic acids is 2. The molecule has 3 amide bonds. The van der Waals surface area contributed by atoms with Crippen LogP contribution in [0.25, 0.3) is 10.9 Å². The molecule has 10 N–H and O–H groups in total. The lowest BCUT2D eigenvalue weighted by atomic mass is 10.0. The third-order valence-corrected chi connectivity index (χ3v) is 7.33. The van der Waals surface area contributed by atoms with Crippen molar-refractivity contribution in [1.82, 2.24) is 30.9 Å². The molecule has 15 nitrogen and oxygen atoms in total. The van der Waals surface area contributed by atoms with Crippen LogP contribution in [0.4, 0.5) is 0 Å². The Morgan fingerprint density at radius 3 is 2.15 bits per heavy atom. The summed E-state index contributed by atoms with van der Waals surface area (Å²) in [7, 11) is 0. The predicted molar refractivity (Wildman–Crippen MR) is 164 cm³/mol. The Morgan fingerprint density at radius 1 is 0.804 bits per heavy atom. The molecule has 0 bridgehead atoms. The zero-order chi connectivity index (χ0) is 33.2. The van der Waals surface area contributed by atoms with E-state index >= 15 is 0 Å². The average Bonchev–Trinajstić information content (AvgIpc) is 3.69. The Labute approximate surface area is 262 Å². The van der Waals surface area contributed by atoms with Crippen LogP contribution in [-0.4, -0.2) is 84.1 Å². The second kappa shape index (κ2) is 15.3. The predicted octanol–water partition coefficient (Wildman–Crippen LogP) is 0.356. The summed E-state index contributed by atoms with van der Waals surface area (Å²) in [4.78, 5) is 73.2. The summed E-state index contributed by atoms with van der Waals surface area (Å²) in [5, 5.41) is 36.8. The number of imidazole rings is 1. The molecule has 15 heteroatoms. The molecule has 0 saturated carbocycles. The number of nitrogens with two attached hydrogens (primary N) is 1. The highest BCUT2D eigenvalue weighted by molar-refractivity contribution is 5.95. The Hall–Kier alpha value is -5.70. The molecule has 0 fully saturated rings. The molecule has 0 spiro atoms. The summed E-state index contributed by atoms with van der Waals surface area (Å²) in [6, 6.07) is 8.29. The van der Waals surface area contributed by atoms with Crippen molar-refractivity contribution in [3.63, 3.8) is 0 Å². The third-order valence-electron chi connectivity index (χ3n) is 7.33. The van der Waals surface area contributed by atoms with Crippen LogP contribution < -0.4 is 21.7 Å². The Balaban J connectivity index is 1.54. The zero-order valence-corrected chi connectivity index (χ0v) is 24.6. The maximum atomic E-state index is 13.7. The maximum Gasteiger partial charge on any atom is 0.326 e. The van der Waals surface area contributed by atoms with Gasteiger partial charge < -0.3 is 47.0 Å². The van der Waals surface area contributed by atoms with Crippen LogP contribution in [-0.2, 0) is 43.2 Å². The number of para-hydroxylation sites is 1. The number of phenolic OH excluding ortho intramolecular Hbond substituents is 1. The number of hydrogen-bond acceptors (Lipinski definition) is 8. The van der Waals surface area contributed by atoms with Crippen molar-refractivity contribution in [1.29, 1.82) is 0 Å². The summed E-state index contributed by atoms with van der Waals surface area (Å²) in [5.74, 6) is -4.91. The van der Waals surface area contributed by atoms with E-state index in [9.17, 15) is 39.3 Å². The SMILES string of the molecule is NC(Cc1ccc(O)cc1)C(=O)NC(Cc1c[nH]c2ccccc12)C(=O)NC(CCC(=O)O)C(=O)NC(Cc1cnc[nH]1)C(=O)O. The van der Waals surface area contributed by atoms with E-state index in [0.29, 0.717) is 16.8 Å². The van der Waals surface area contributed by atoms with E-state index in [2.05, 4.69) is 30.9 Å². The van der Waals surface area contributed by atoms with Crippen molar-refractivity contribution in [3.8, 4) is 5.75 Å².